The van der Waals surface area contributed by atoms with Crippen LogP contribution in [0, 0.1) is 0 Å². The molecule has 78 valence electrons. The first kappa shape index (κ1) is 11.6. The largest absolute Gasteiger partial charge is 0.387 e. The van der Waals surface area contributed by atoms with Crippen LogP contribution < -0.4 is 0 Å². The van der Waals surface area contributed by atoms with Crippen LogP contribution >= 0.6 is 22.6 Å². The van der Waals surface area contributed by atoms with Crippen molar-refractivity contribution in [3.8, 4) is 0 Å². The van der Waals surface area contributed by atoms with Crippen LogP contribution in [0.1, 0.15) is 0 Å². The minimum Gasteiger partial charge on any atom is -0.387 e. The summed E-state index contributed by atoms with van der Waals surface area (Å²) >= 11 is 1.57. The monoisotopic (exact) mass is 306 g/mol. The van der Waals surface area contributed by atoms with Crippen molar-refractivity contribution in [2.75, 3.05) is 0 Å². The quantitative estimate of drug-likeness (QED) is 0.271. The summed E-state index contributed by atoms with van der Waals surface area (Å²) < 4.78 is 3.62. The zero-order chi connectivity index (χ0) is 10.2. The number of hydrogen-bond donors (Lipinski definition) is 5. The molecule has 1 fully saturated rings. The SMILES string of the molecule is OC1O[C@H](C(O)I)[C@@H](O)[C@H](O)[C@@H]1O. The Bertz CT molecular complexity index is 177. The molecular weight excluding hydrogens is 295 g/mol. The van der Waals surface area contributed by atoms with Crippen LogP contribution in [0.2, 0.25) is 0 Å². The van der Waals surface area contributed by atoms with Crippen molar-refractivity contribution in [2.24, 2.45) is 0 Å². The minimum absolute atomic E-state index is 1.07. The molecule has 1 rings (SSSR count). The molecule has 0 bridgehead atoms. The van der Waals surface area contributed by atoms with Crippen molar-refractivity contribution < 1.29 is 30.3 Å². The van der Waals surface area contributed by atoms with Gasteiger partial charge < -0.3 is 30.3 Å². The second-order valence-electron chi connectivity index (χ2n) is 2.84. The number of aliphatic hydroxyl groups is 5. The molecule has 0 radical (unpaired) electrons. The molecule has 0 saturated carbocycles. The standard InChI is InChI=1S/C6H11IO6/c7-5(11)4-2(9)1(8)3(10)6(12)13-4/h1-6,8-12H/t1-,2-,3-,4-,5?,6?/m0/s1. The van der Waals surface area contributed by atoms with Gasteiger partial charge in [0.05, 0.1) is 0 Å². The Morgan fingerprint density at radius 2 is 1.54 bits per heavy atom. The van der Waals surface area contributed by atoms with Crippen LogP contribution in [0.5, 0.6) is 0 Å². The van der Waals surface area contributed by atoms with Crippen LogP contribution in [0.3, 0.4) is 0 Å². The maximum absolute atomic E-state index is 9.29. The molecule has 1 aliphatic rings. The van der Waals surface area contributed by atoms with Crippen LogP contribution in [0.15, 0.2) is 0 Å². The Morgan fingerprint density at radius 3 is 2.00 bits per heavy atom. The highest BCUT2D eigenvalue weighted by Gasteiger charge is 2.45. The normalized spacial score (nSPS) is 48.9. The zero-order valence-corrected chi connectivity index (χ0v) is 8.64. The van der Waals surface area contributed by atoms with Gasteiger partial charge in [0, 0.05) is 0 Å². The van der Waals surface area contributed by atoms with Crippen molar-refractivity contribution in [3.63, 3.8) is 0 Å². The van der Waals surface area contributed by atoms with E-state index in [9.17, 15) is 10.2 Å². The highest BCUT2D eigenvalue weighted by Crippen LogP contribution is 2.24. The molecular formula is C6H11IO6. The van der Waals surface area contributed by atoms with E-state index in [0.29, 0.717) is 0 Å². The summed E-state index contributed by atoms with van der Waals surface area (Å²) in [6, 6.07) is 0. The molecule has 6 nitrogen and oxygen atoms in total. The molecule has 6 atom stereocenters. The maximum Gasteiger partial charge on any atom is 0.184 e. The van der Waals surface area contributed by atoms with E-state index in [2.05, 4.69) is 4.74 Å². The molecule has 0 aromatic rings. The lowest BCUT2D eigenvalue weighted by molar-refractivity contribution is -0.288. The number of hydrogen-bond acceptors (Lipinski definition) is 6. The first-order valence-corrected chi connectivity index (χ1v) is 4.89. The van der Waals surface area contributed by atoms with Gasteiger partial charge in [0.25, 0.3) is 0 Å². The molecule has 13 heavy (non-hydrogen) atoms. The number of alkyl halides is 1. The van der Waals surface area contributed by atoms with Crippen LogP contribution in [0.4, 0.5) is 0 Å². The fourth-order valence-corrected chi connectivity index (χ4v) is 1.71. The Hall–Kier alpha value is 0.490. The van der Waals surface area contributed by atoms with E-state index in [4.69, 9.17) is 15.3 Å². The smallest absolute Gasteiger partial charge is 0.184 e. The number of halogens is 1. The van der Waals surface area contributed by atoms with Crippen molar-refractivity contribution in [1.82, 2.24) is 0 Å². The summed E-state index contributed by atoms with van der Waals surface area (Å²) in [5, 5.41) is 45.6. The lowest BCUT2D eigenvalue weighted by atomic mass is 9.99. The average Bonchev–Trinajstić information content (AvgIpc) is 2.07. The topological polar surface area (TPSA) is 110 Å². The predicted octanol–water partition coefficient (Wildman–Crippen LogP) is -2.46. The molecule has 7 heteroatoms. The van der Waals surface area contributed by atoms with E-state index in [-0.39, 0.29) is 0 Å². The number of aliphatic hydroxyl groups excluding tert-OH is 5. The summed E-state index contributed by atoms with van der Waals surface area (Å²) in [5.74, 6) is 0. The first-order chi connectivity index (χ1) is 5.95. The summed E-state index contributed by atoms with van der Waals surface area (Å²) in [6.45, 7) is 0. The molecule has 0 aliphatic carbocycles. The van der Waals surface area contributed by atoms with Crippen LogP contribution in [-0.2, 0) is 4.74 Å². The third-order valence-corrected chi connectivity index (χ3v) is 2.61. The van der Waals surface area contributed by atoms with Gasteiger partial charge in [0.2, 0.25) is 0 Å². The Morgan fingerprint density at radius 1 is 1.00 bits per heavy atom. The number of rotatable bonds is 1. The van der Waals surface area contributed by atoms with Crippen LogP contribution in [0.25, 0.3) is 0 Å². The molecule has 1 heterocycles. The van der Waals surface area contributed by atoms with Gasteiger partial charge in [-0.25, -0.2) is 0 Å². The van der Waals surface area contributed by atoms with E-state index in [1.165, 1.54) is 0 Å². The Labute approximate surface area is 87.9 Å². The lowest BCUT2D eigenvalue weighted by Crippen LogP contribution is -2.59. The second-order valence-corrected chi connectivity index (χ2v) is 4.11. The molecule has 0 amide bonds. The average molecular weight is 306 g/mol. The predicted molar refractivity (Wildman–Crippen MR) is 48.9 cm³/mol. The number of ether oxygens (including phenoxy) is 1. The van der Waals surface area contributed by atoms with Crippen molar-refractivity contribution in [1.29, 1.82) is 0 Å². The van der Waals surface area contributed by atoms with E-state index in [1.807, 2.05) is 0 Å². The van der Waals surface area contributed by atoms with Gasteiger partial charge in [0.15, 0.2) is 6.29 Å². The fourth-order valence-electron chi connectivity index (χ4n) is 1.11. The van der Waals surface area contributed by atoms with E-state index in [0.717, 1.165) is 0 Å². The van der Waals surface area contributed by atoms with E-state index in [1.54, 1.807) is 22.6 Å². The Balaban J connectivity index is 2.70. The van der Waals surface area contributed by atoms with Crippen molar-refractivity contribution in [3.05, 3.63) is 0 Å². The third-order valence-electron chi connectivity index (χ3n) is 1.90. The maximum atomic E-state index is 9.29. The molecule has 5 N–H and O–H groups in total. The van der Waals surface area contributed by atoms with Gasteiger partial charge in [-0.3, -0.25) is 0 Å². The van der Waals surface area contributed by atoms with Gasteiger partial charge in [-0.05, 0) is 22.6 Å². The molecule has 1 saturated heterocycles. The fraction of sp³-hybridized carbons (Fsp3) is 1.00. The van der Waals surface area contributed by atoms with Crippen LogP contribution in [-0.4, -0.2) is 60.3 Å². The molecule has 1 aliphatic heterocycles. The summed E-state index contributed by atoms with van der Waals surface area (Å²) in [6.07, 6.45) is -7.17. The molecule has 2 unspecified atom stereocenters. The Kier molecular flexibility index (Phi) is 3.86. The molecule has 0 aromatic carbocycles. The highest BCUT2D eigenvalue weighted by atomic mass is 127. The molecule has 0 spiro atoms. The highest BCUT2D eigenvalue weighted by molar-refractivity contribution is 14.1. The molecule has 0 aromatic heterocycles. The van der Waals surface area contributed by atoms with E-state index < -0.39 is 34.8 Å². The second kappa shape index (κ2) is 4.34. The van der Waals surface area contributed by atoms with Gasteiger partial charge in [-0.15, -0.1) is 0 Å². The lowest BCUT2D eigenvalue weighted by Gasteiger charge is -2.38. The van der Waals surface area contributed by atoms with Crippen molar-refractivity contribution >= 4 is 22.6 Å². The zero-order valence-electron chi connectivity index (χ0n) is 6.49. The van der Waals surface area contributed by atoms with Gasteiger partial charge in [-0.2, -0.15) is 0 Å². The summed E-state index contributed by atoms with van der Waals surface area (Å²) in [5.41, 5.74) is 0. The van der Waals surface area contributed by atoms with Gasteiger partial charge in [0.1, 0.15) is 28.5 Å². The summed E-state index contributed by atoms with van der Waals surface area (Å²) in [7, 11) is 0. The van der Waals surface area contributed by atoms with Crippen molar-refractivity contribution in [2.45, 2.75) is 34.8 Å². The first-order valence-electron chi connectivity index (χ1n) is 3.65. The minimum atomic E-state index is -1.59. The van der Waals surface area contributed by atoms with Gasteiger partial charge >= 0.3 is 0 Å². The van der Waals surface area contributed by atoms with Gasteiger partial charge in [-0.1, -0.05) is 0 Å². The summed E-state index contributed by atoms with van der Waals surface area (Å²) in [4.78, 5) is 0. The third kappa shape index (κ3) is 2.29. The van der Waals surface area contributed by atoms with E-state index >= 15 is 0 Å².